The molecule has 1 aromatic rings. The Morgan fingerprint density at radius 2 is 1.64 bits per heavy atom. The monoisotopic (exact) mass is 317 g/mol. The van der Waals surface area contributed by atoms with Crippen LogP contribution in [-0.2, 0) is 9.53 Å². The summed E-state index contributed by atoms with van der Waals surface area (Å²) in [7, 11) is 0. The highest BCUT2D eigenvalue weighted by atomic mass is 19.4. The second-order valence-corrected chi connectivity index (χ2v) is 5.13. The van der Waals surface area contributed by atoms with E-state index < -0.39 is 36.1 Å². The van der Waals surface area contributed by atoms with Crippen LogP contribution in [0.1, 0.15) is 31.1 Å². The zero-order chi connectivity index (χ0) is 16.9. The van der Waals surface area contributed by atoms with Crippen LogP contribution in [-0.4, -0.2) is 30.2 Å². The Bertz CT molecular complexity index is 515. The lowest BCUT2D eigenvalue weighted by atomic mass is 10.0. The fraction of sp³-hybridized carbons (Fsp3) is 0.467. The molecule has 0 bridgehead atoms. The van der Waals surface area contributed by atoms with Crippen LogP contribution in [0.5, 0.6) is 0 Å². The molecule has 1 N–H and O–H groups in total. The molecule has 0 spiro atoms. The Hall–Kier alpha value is -2.05. The van der Waals surface area contributed by atoms with Gasteiger partial charge in [0.15, 0.2) is 0 Å². The molecule has 0 saturated heterocycles. The van der Waals surface area contributed by atoms with Crippen LogP contribution in [0.3, 0.4) is 0 Å². The lowest BCUT2D eigenvalue weighted by Gasteiger charge is -2.26. The second kappa shape index (κ2) is 7.29. The minimum atomic E-state index is -4.63. The summed E-state index contributed by atoms with van der Waals surface area (Å²) in [4.78, 5) is 23.9. The Morgan fingerprint density at radius 3 is 2.09 bits per heavy atom. The van der Waals surface area contributed by atoms with Crippen molar-refractivity contribution >= 4 is 11.9 Å². The molecule has 0 saturated carbocycles. The predicted octanol–water partition coefficient (Wildman–Crippen LogP) is 2.94. The molecule has 4 nitrogen and oxygen atoms in total. The first kappa shape index (κ1) is 18.0. The number of rotatable bonds is 5. The molecule has 22 heavy (non-hydrogen) atoms. The van der Waals surface area contributed by atoms with E-state index in [1.165, 1.54) is 26.0 Å². The van der Waals surface area contributed by atoms with Crippen molar-refractivity contribution in [2.24, 2.45) is 5.92 Å². The number of benzene rings is 1. The van der Waals surface area contributed by atoms with Gasteiger partial charge in [0.2, 0.25) is 0 Å². The first-order chi connectivity index (χ1) is 10.1. The number of alkyl halides is 3. The molecule has 1 rings (SSSR count). The maximum absolute atomic E-state index is 12.9. The normalized spacial score (nSPS) is 14.3. The molecule has 1 amide bonds. The van der Waals surface area contributed by atoms with Crippen molar-refractivity contribution in [3.8, 4) is 0 Å². The molecular weight excluding hydrogens is 299 g/mol. The molecule has 1 aromatic carbocycles. The van der Waals surface area contributed by atoms with E-state index in [0.29, 0.717) is 0 Å². The van der Waals surface area contributed by atoms with Gasteiger partial charge in [-0.3, -0.25) is 4.79 Å². The van der Waals surface area contributed by atoms with Gasteiger partial charge >= 0.3 is 12.1 Å². The lowest BCUT2D eigenvalue weighted by molar-refractivity contribution is -0.188. The van der Waals surface area contributed by atoms with E-state index in [0.717, 1.165) is 6.92 Å². The fourth-order valence-electron chi connectivity index (χ4n) is 1.70. The van der Waals surface area contributed by atoms with Crippen molar-refractivity contribution in [2.45, 2.75) is 39.1 Å². The number of carbonyl (C=O) groups excluding carboxylic acids is 2. The summed E-state index contributed by atoms with van der Waals surface area (Å²) < 4.78 is 43.5. The van der Waals surface area contributed by atoms with Crippen molar-refractivity contribution in [1.82, 2.24) is 5.32 Å². The van der Waals surface area contributed by atoms with Gasteiger partial charge in [-0.2, -0.15) is 13.2 Å². The van der Waals surface area contributed by atoms with E-state index in [4.69, 9.17) is 4.74 Å². The summed E-state index contributed by atoms with van der Waals surface area (Å²) in [5, 5.41) is 2.11. The van der Waals surface area contributed by atoms with Gasteiger partial charge < -0.3 is 10.1 Å². The van der Waals surface area contributed by atoms with Gasteiger partial charge in [0.05, 0.1) is 12.0 Å². The highest BCUT2D eigenvalue weighted by molar-refractivity contribution is 5.96. The zero-order valence-electron chi connectivity index (χ0n) is 12.5. The number of halogens is 3. The fourth-order valence-corrected chi connectivity index (χ4v) is 1.70. The Morgan fingerprint density at radius 1 is 1.09 bits per heavy atom. The van der Waals surface area contributed by atoms with Crippen LogP contribution in [0.4, 0.5) is 13.2 Å². The van der Waals surface area contributed by atoms with Gasteiger partial charge in [0, 0.05) is 5.56 Å². The van der Waals surface area contributed by atoms with Crippen molar-refractivity contribution in [3.05, 3.63) is 35.9 Å². The molecular formula is C15H18F3NO3. The predicted molar refractivity (Wildman–Crippen MR) is 74.1 cm³/mol. The quantitative estimate of drug-likeness (QED) is 0.850. The van der Waals surface area contributed by atoms with Gasteiger partial charge in [-0.1, -0.05) is 25.1 Å². The molecule has 2 atom stereocenters. The molecule has 122 valence electrons. The molecule has 0 heterocycles. The molecule has 0 aliphatic carbocycles. The number of hydrogen-bond acceptors (Lipinski definition) is 3. The van der Waals surface area contributed by atoms with Crippen molar-refractivity contribution in [3.63, 3.8) is 0 Å². The lowest BCUT2D eigenvalue weighted by Crippen LogP contribution is -2.50. The maximum atomic E-state index is 12.9. The number of ether oxygens (including phenoxy) is 1. The molecule has 0 aliphatic rings. The van der Waals surface area contributed by atoms with E-state index >= 15 is 0 Å². The third-order valence-corrected chi connectivity index (χ3v) is 2.94. The zero-order valence-corrected chi connectivity index (χ0v) is 12.5. The number of esters is 1. The van der Waals surface area contributed by atoms with E-state index in [1.807, 2.05) is 0 Å². The topological polar surface area (TPSA) is 55.4 Å². The van der Waals surface area contributed by atoms with Gasteiger partial charge in [0.1, 0.15) is 6.04 Å². The summed E-state index contributed by atoms with van der Waals surface area (Å²) in [5.74, 6) is -3.93. The van der Waals surface area contributed by atoms with E-state index in [2.05, 4.69) is 5.32 Å². The third kappa shape index (κ3) is 5.05. The van der Waals surface area contributed by atoms with E-state index in [1.54, 1.807) is 18.2 Å². The SMILES string of the molecule is CC(C)OC(=O)C(NC(=O)c1ccccc1)C(C)C(F)(F)F. The average Bonchev–Trinajstić information content (AvgIpc) is 2.42. The van der Waals surface area contributed by atoms with E-state index in [9.17, 15) is 22.8 Å². The Labute approximate surface area is 126 Å². The van der Waals surface area contributed by atoms with Crippen LogP contribution in [0, 0.1) is 5.92 Å². The van der Waals surface area contributed by atoms with Crippen molar-refractivity contribution < 1.29 is 27.5 Å². The molecule has 0 aliphatic heterocycles. The molecule has 0 fully saturated rings. The minimum absolute atomic E-state index is 0.166. The van der Waals surface area contributed by atoms with Crippen LogP contribution in [0.25, 0.3) is 0 Å². The van der Waals surface area contributed by atoms with E-state index in [-0.39, 0.29) is 5.56 Å². The van der Waals surface area contributed by atoms with Gasteiger partial charge in [-0.25, -0.2) is 4.79 Å². The molecule has 7 heteroatoms. The Balaban J connectivity index is 2.95. The first-order valence-electron chi connectivity index (χ1n) is 6.76. The number of carbonyl (C=O) groups is 2. The first-order valence-corrected chi connectivity index (χ1v) is 6.76. The summed E-state index contributed by atoms with van der Waals surface area (Å²) >= 11 is 0. The summed E-state index contributed by atoms with van der Waals surface area (Å²) in [6.07, 6.45) is -5.21. The number of hydrogen-bond donors (Lipinski definition) is 1. The molecule has 0 radical (unpaired) electrons. The average molecular weight is 317 g/mol. The number of amides is 1. The van der Waals surface area contributed by atoms with Gasteiger partial charge in [-0.05, 0) is 26.0 Å². The maximum Gasteiger partial charge on any atom is 0.394 e. The van der Waals surface area contributed by atoms with Crippen LogP contribution < -0.4 is 5.32 Å². The smallest absolute Gasteiger partial charge is 0.394 e. The van der Waals surface area contributed by atoms with Gasteiger partial charge in [0.25, 0.3) is 5.91 Å². The summed E-state index contributed by atoms with van der Waals surface area (Å²) in [6, 6.07) is 5.90. The van der Waals surface area contributed by atoms with Crippen LogP contribution >= 0.6 is 0 Å². The van der Waals surface area contributed by atoms with Crippen LogP contribution in [0.2, 0.25) is 0 Å². The van der Waals surface area contributed by atoms with Crippen molar-refractivity contribution in [1.29, 1.82) is 0 Å². The Kier molecular flexibility index (Phi) is 5.96. The molecule has 2 unspecified atom stereocenters. The summed E-state index contributed by atoms with van der Waals surface area (Å²) in [5.41, 5.74) is 0.166. The highest BCUT2D eigenvalue weighted by Gasteiger charge is 2.46. The van der Waals surface area contributed by atoms with Gasteiger partial charge in [-0.15, -0.1) is 0 Å². The summed E-state index contributed by atoms with van der Waals surface area (Å²) in [6.45, 7) is 3.87. The standard InChI is InChI=1S/C15H18F3NO3/c1-9(2)22-14(21)12(10(3)15(16,17)18)19-13(20)11-7-5-4-6-8-11/h4-10,12H,1-3H3,(H,19,20). The number of nitrogens with one attached hydrogen (secondary N) is 1. The van der Waals surface area contributed by atoms with Crippen LogP contribution in [0.15, 0.2) is 30.3 Å². The molecule has 0 aromatic heterocycles. The van der Waals surface area contributed by atoms with Crippen molar-refractivity contribution in [2.75, 3.05) is 0 Å². The second-order valence-electron chi connectivity index (χ2n) is 5.13. The highest BCUT2D eigenvalue weighted by Crippen LogP contribution is 2.29. The minimum Gasteiger partial charge on any atom is -0.461 e. The largest absolute Gasteiger partial charge is 0.461 e. The third-order valence-electron chi connectivity index (χ3n) is 2.94.